The molecule has 0 aliphatic heterocycles. The zero-order chi connectivity index (χ0) is 12.8. The van der Waals surface area contributed by atoms with Gasteiger partial charge in [0, 0.05) is 32.8 Å². The highest BCUT2D eigenvalue weighted by molar-refractivity contribution is 14.0. The molecule has 0 aromatic heterocycles. The molecule has 0 aliphatic carbocycles. The molecule has 0 unspecified atom stereocenters. The van der Waals surface area contributed by atoms with Crippen LogP contribution >= 0.6 is 24.0 Å². The van der Waals surface area contributed by atoms with E-state index in [1.165, 1.54) is 12.8 Å². The number of nitrogens with zero attached hydrogens (tertiary/aromatic N) is 1. The number of unbranched alkanes of at least 4 members (excludes halogenated alkanes) is 2. The molecule has 0 atom stereocenters. The lowest BCUT2D eigenvalue weighted by Crippen LogP contribution is -2.37. The van der Waals surface area contributed by atoms with Crippen LogP contribution in [0.15, 0.2) is 4.99 Å². The number of guanidine groups is 1. The van der Waals surface area contributed by atoms with Crippen molar-refractivity contribution in [2.24, 2.45) is 4.99 Å². The largest absolute Gasteiger partial charge is 0.382 e. The fourth-order valence-electron chi connectivity index (χ4n) is 1.38. The molecule has 2 N–H and O–H groups in total. The molecule has 0 aromatic carbocycles. The molecule has 0 heterocycles. The van der Waals surface area contributed by atoms with Crippen LogP contribution in [0.2, 0.25) is 0 Å². The van der Waals surface area contributed by atoms with Crippen molar-refractivity contribution in [1.29, 1.82) is 0 Å². The Labute approximate surface area is 129 Å². The first-order chi connectivity index (χ1) is 8.35. The molecule has 4 nitrogen and oxygen atoms in total. The van der Waals surface area contributed by atoms with Crippen LogP contribution in [0.5, 0.6) is 0 Å². The van der Waals surface area contributed by atoms with E-state index in [2.05, 4.69) is 29.5 Å². The molecule has 0 spiro atoms. The lowest BCUT2D eigenvalue weighted by atomic mass is 10.3. The Balaban J connectivity index is 0. The summed E-state index contributed by atoms with van der Waals surface area (Å²) in [5.74, 6) is 0.942. The van der Waals surface area contributed by atoms with Gasteiger partial charge in [0.25, 0.3) is 0 Å². The van der Waals surface area contributed by atoms with Crippen molar-refractivity contribution in [3.05, 3.63) is 0 Å². The number of hydrogen-bond donors (Lipinski definition) is 2. The molecule has 0 rings (SSSR count). The van der Waals surface area contributed by atoms with Gasteiger partial charge in [-0.1, -0.05) is 13.3 Å². The summed E-state index contributed by atoms with van der Waals surface area (Å²) >= 11 is 0. The average Bonchev–Trinajstić information content (AvgIpc) is 2.34. The predicted molar refractivity (Wildman–Crippen MR) is 90.0 cm³/mol. The quantitative estimate of drug-likeness (QED) is 0.269. The Morgan fingerprint density at radius 3 is 2.44 bits per heavy atom. The number of hydrogen-bond acceptors (Lipinski definition) is 2. The predicted octanol–water partition coefficient (Wildman–Crippen LogP) is 2.78. The molecule has 18 heavy (non-hydrogen) atoms. The molecule has 110 valence electrons. The molecule has 0 bridgehead atoms. The van der Waals surface area contributed by atoms with Crippen molar-refractivity contribution in [2.45, 2.75) is 46.5 Å². The maximum atomic E-state index is 5.29. The van der Waals surface area contributed by atoms with Crippen LogP contribution in [0.4, 0.5) is 0 Å². The van der Waals surface area contributed by atoms with Gasteiger partial charge < -0.3 is 15.4 Å². The number of rotatable bonds is 10. The third kappa shape index (κ3) is 14.0. The third-order valence-electron chi connectivity index (χ3n) is 2.34. The van der Waals surface area contributed by atoms with Crippen molar-refractivity contribution in [3.63, 3.8) is 0 Å². The number of ether oxygens (including phenoxy) is 1. The topological polar surface area (TPSA) is 45.7 Å². The van der Waals surface area contributed by atoms with E-state index in [-0.39, 0.29) is 24.0 Å². The van der Waals surface area contributed by atoms with E-state index >= 15 is 0 Å². The van der Waals surface area contributed by atoms with Crippen molar-refractivity contribution in [1.82, 2.24) is 10.6 Å². The van der Waals surface area contributed by atoms with Crippen molar-refractivity contribution in [2.75, 3.05) is 32.8 Å². The second-order valence-electron chi connectivity index (χ2n) is 3.95. The summed E-state index contributed by atoms with van der Waals surface area (Å²) < 4.78 is 5.29. The lowest BCUT2D eigenvalue weighted by Gasteiger charge is -2.10. The summed E-state index contributed by atoms with van der Waals surface area (Å²) in [6.45, 7) is 10.8. The Kier molecular flexibility index (Phi) is 19.1. The van der Waals surface area contributed by atoms with Gasteiger partial charge in [-0.05, 0) is 33.1 Å². The van der Waals surface area contributed by atoms with Gasteiger partial charge in [0.2, 0.25) is 0 Å². The van der Waals surface area contributed by atoms with Crippen LogP contribution in [0, 0.1) is 0 Å². The van der Waals surface area contributed by atoms with Crippen LogP contribution < -0.4 is 10.6 Å². The summed E-state index contributed by atoms with van der Waals surface area (Å²) in [4.78, 5) is 4.52. The molecule has 0 saturated carbocycles. The van der Waals surface area contributed by atoms with Crippen LogP contribution in [-0.2, 0) is 4.74 Å². The number of aliphatic imine (C=N–C) groups is 1. The van der Waals surface area contributed by atoms with E-state index in [1.54, 1.807) is 0 Å². The van der Waals surface area contributed by atoms with E-state index in [9.17, 15) is 0 Å². The Morgan fingerprint density at radius 1 is 1.06 bits per heavy atom. The summed E-state index contributed by atoms with van der Waals surface area (Å²) in [7, 11) is 0. The maximum Gasteiger partial charge on any atom is 0.191 e. The monoisotopic (exact) mass is 371 g/mol. The first-order valence-corrected chi connectivity index (χ1v) is 6.95. The van der Waals surface area contributed by atoms with E-state index in [1.807, 2.05) is 6.92 Å². The van der Waals surface area contributed by atoms with Crippen molar-refractivity contribution in [3.8, 4) is 0 Å². The molecule has 0 amide bonds. The first kappa shape index (κ1) is 20.3. The van der Waals surface area contributed by atoms with Gasteiger partial charge in [-0.25, -0.2) is 0 Å². The van der Waals surface area contributed by atoms with Crippen LogP contribution in [0.1, 0.15) is 46.5 Å². The van der Waals surface area contributed by atoms with Gasteiger partial charge in [-0.3, -0.25) is 4.99 Å². The minimum atomic E-state index is 0. The van der Waals surface area contributed by atoms with Gasteiger partial charge in [0.1, 0.15) is 0 Å². The highest BCUT2D eigenvalue weighted by atomic mass is 127. The SMILES string of the molecule is CCCCNC(=NCCCCOCC)NCC.I. The molecule has 0 fully saturated rings. The fraction of sp³-hybridized carbons (Fsp3) is 0.923. The zero-order valence-corrected chi connectivity index (χ0v) is 14.5. The second kappa shape index (κ2) is 17.0. The van der Waals surface area contributed by atoms with Crippen LogP contribution in [0.3, 0.4) is 0 Å². The van der Waals surface area contributed by atoms with E-state index in [4.69, 9.17) is 4.74 Å². The van der Waals surface area contributed by atoms with Crippen LogP contribution in [0.25, 0.3) is 0 Å². The van der Waals surface area contributed by atoms with E-state index in [0.717, 1.165) is 51.6 Å². The Bertz CT molecular complexity index is 189. The van der Waals surface area contributed by atoms with Gasteiger partial charge >= 0.3 is 0 Å². The maximum absolute atomic E-state index is 5.29. The fourth-order valence-corrected chi connectivity index (χ4v) is 1.38. The molecule has 5 heteroatoms. The lowest BCUT2D eigenvalue weighted by molar-refractivity contribution is 0.144. The van der Waals surface area contributed by atoms with Gasteiger partial charge in [0.15, 0.2) is 5.96 Å². The second-order valence-corrected chi connectivity index (χ2v) is 3.95. The standard InChI is InChI=1S/C13H29N3O.HI/c1-4-7-10-15-13(14-5-2)16-11-8-9-12-17-6-3;/h4-12H2,1-3H3,(H2,14,15,16);1H. The number of nitrogens with one attached hydrogen (secondary N) is 2. The molecule has 0 aliphatic rings. The highest BCUT2D eigenvalue weighted by Gasteiger charge is 1.95. The summed E-state index contributed by atoms with van der Waals surface area (Å²) in [5, 5.41) is 6.58. The average molecular weight is 371 g/mol. The third-order valence-corrected chi connectivity index (χ3v) is 2.34. The highest BCUT2D eigenvalue weighted by Crippen LogP contribution is 1.91. The first-order valence-electron chi connectivity index (χ1n) is 6.95. The summed E-state index contributed by atoms with van der Waals surface area (Å²) in [6, 6.07) is 0. The number of halogens is 1. The molecule has 0 radical (unpaired) electrons. The van der Waals surface area contributed by atoms with Gasteiger partial charge in [0.05, 0.1) is 0 Å². The summed E-state index contributed by atoms with van der Waals surface area (Å²) in [6.07, 6.45) is 4.57. The Morgan fingerprint density at radius 2 is 1.83 bits per heavy atom. The Hall–Kier alpha value is -0.0400. The van der Waals surface area contributed by atoms with E-state index in [0.29, 0.717) is 0 Å². The smallest absolute Gasteiger partial charge is 0.191 e. The minimum Gasteiger partial charge on any atom is -0.382 e. The molecule has 0 aromatic rings. The van der Waals surface area contributed by atoms with Crippen LogP contribution in [-0.4, -0.2) is 38.8 Å². The van der Waals surface area contributed by atoms with E-state index < -0.39 is 0 Å². The van der Waals surface area contributed by atoms with Crippen molar-refractivity contribution < 1.29 is 4.74 Å². The molecular formula is C13H30IN3O. The molecule has 0 saturated heterocycles. The zero-order valence-electron chi connectivity index (χ0n) is 12.1. The van der Waals surface area contributed by atoms with Gasteiger partial charge in [-0.2, -0.15) is 0 Å². The molecular weight excluding hydrogens is 341 g/mol. The minimum absolute atomic E-state index is 0. The normalized spacial score (nSPS) is 10.9. The van der Waals surface area contributed by atoms with Gasteiger partial charge in [-0.15, -0.1) is 24.0 Å². The van der Waals surface area contributed by atoms with Crippen molar-refractivity contribution >= 4 is 29.9 Å². The summed E-state index contributed by atoms with van der Waals surface area (Å²) in [5.41, 5.74) is 0.